The van der Waals surface area contributed by atoms with Gasteiger partial charge in [-0.2, -0.15) is 0 Å². The van der Waals surface area contributed by atoms with Gasteiger partial charge in [-0.25, -0.2) is 4.39 Å². The molecule has 0 spiro atoms. The summed E-state index contributed by atoms with van der Waals surface area (Å²) in [5, 5.41) is 3.42. The van der Waals surface area contributed by atoms with Crippen molar-refractivity contribution in [3.05, 3.63) is 29.6 Å². The number of rotatable bonds is 4. The van der Waals surface area contributed by atoms with Crippen molar-refractivity contribution in [2.24, 2.45) is 5.92 Å². The van der Waals surface area contributed by atoms with E-state index in [1.165, 1.54) is 25.7 Å². The van der Waals surface area contributed by atoms with Gasteiger partial charge in [-0.1, -0.05) is 13.0 Å². The first-order valence-corrected chi connectivity index (χ1v) is 7.49. The zero-order chi connectivity index (χ0) is 13.2. The fourth-order valence-electron chi connectivity index (χ4n) is 2.72. The second-order valence-electron chi connectivity index (χ2n) is 6.11. The van der Waals surface area contributed by atoms with Gasteiger partial charge in [0.05, 0.1) is 5.69 Å². The Labute approximate surface area is 115 Å². The van der Waals surface area contributed by atoms with Gasteiger partial charge < -0.3 is 10.2 Å². The minimum absolute atomic E-state index is 0.0651. The number of anilines is 1. The highest BCUT2D eigenvalue weighted by atomic mass is 19.1. The first kappa shape index (κ1) is 12.9. The van der Waals surface area contributed by atoms with E-state index >= 15 is 0 Å². The van der Waals surface area contributed by atoms with Crippen LogP contribution in [0, 0.1) is 11.7 Å². The van der Waals surface area contributed by atoms with Gasteiger partial charge in [-0.3, -0.25) is 0 Å². The van der Waals surface area contributed by atoms with E-state index < -0.39 is 0 Å². The Morgan fingerprint density at radius 3 is 2.58 bits per heavy atom. The summed E-state index contributed by atoms with van der Waals surface area (Å²) in [5.74, 6) is 0.714. The van der Waals surface area contributed by atoms with Crippen LogP contribution in [0.2, 0.25) is 0 Å². The van der Waals surface area contributed by atoms with E-state index in [-0.39, 0.29) is 5.82 Å². The van der Waals surface area contributed by atoms with E-state index in [1.807, 2.05) is 6.07 Å². The minimum Gasteiger partial charge on any atom is -0.369 e. The summed E-state index contributed by atoms with van der Waals surface area (Å²) in [6.07, 6.45) is 4.88. The number of nitrogens with zero attached hydrogens (tertiary/aromatic N) is 1. The van der Waals surface area contributed by atoms with Crippen molar-refractivity contribution in [1.82, 2.24) is 5.32 Å². The van der Waals surface area contributed by atoms with Crippen LogP contribution in [0.3, 0.4) is 0 Å². The lowest BCUT2D eigenvalue weighted by Gasteiger charge is -2.32. The van der Waals surface area contributed by atoms with Gasteiger partial charge >= 0.3 is 0 Å². The molecular weight excluding hydrogens is 239 g/mol. The number of halogens is 1. The van der Waals surface area contributed by atoms with Gasteiger partial charge in [0.1, 0.15) is 5.82 Å². The molecular formula is C16H23FN2. The van der Waals surface area contributed by atoms with Gasteiger partial charge in [0.2, 0.25) is 0 Å². The first-order chi connectivity index (χ1) is 9.22. The molecule has 1 N–H and O–H groups in total. The molecule has 0 atom stereocenters. The third-order valence-corrected chi connectivity index (χ3v) is 4.31. The van der Waals surface area contributed by atoms with E-state index in [0.29, 0.717) is 6.04 Å². The average molecular weight is 262 g/mol. The highest BCUT2D eigenvalue weighted by molar-refractivity contribution is 5.49. The summed E-state index contributed by atoms with van der Waals surface area (Å²) >= 11 is 0. The fourth-order valence-corrected chi connectivity index (χ4v) is 2.72. The Hall–Kier alpha value is -1.09. The normalized spacial score (nSPS) is 20.8. The summed E-state index contributed by atoms with van der Waals surface area (Å²) in [6, 6.07) is 6.38. The molecule has 19 heavy (non-hydrogen) atoms. The zero-order valence-electron chi connectivity index (χ0n) is 11.7. The van der Waals surface area contributed by atoms with Crippen LogP contribution in [0.25, 0.3) is 0 Å². The molecule has 0 aromatic heterocycles. The van der Waals surface area contributed by atoms with E-state index in [2.05, 4.69) is 23.2 Å². The maximum atomic E-state index is 14.2. The molecule has 3 rings (SSSR count). The van der Waals surface area contributed by atoms with E-state index in [0.717, 1.165) is 36.8 Å². The van der Waals surface area contributed by atoms with Gasteiger partial charge in [-0.15, -0.1) is 0 Å². The van der Waals surface area contributed by atoms with Crippen LogP contribution < -0.4 is 10.2 Å². The van der Waals surface area contributed by atoms with Crippen LogP contribution in [0.15, 0.2) is 18.2 Å². The molecule has 2 fully saturated rings. The summed E-state index contributed by atoms with van der Waals surface area (Å²) in [6.45, 7) is 5.04. The molecule has 1 aliphatic carbocycles. The van der Waals surface area contributed by atoms with E-state index in [1.54, 1.807) is 6.07 Å². The number of benzene rings is 1. The Kier molecular flexibility index (Phi) is 3.74. The van der Waals surface area contributed by atoms with Gasteiger partial charge in [0, 0.05) is 25.7 Å². The molecule has 2 nitrogen and oxygen atoms in total. The number of hydrogen-bond acceptors (Lipinski definition) is 2. The van der Waals surface area contributed by atoms with Crippen molar-refractivity contribution in [3.8, 4) is 0 Å². The summed E-state index contributed by atoms with van der Waals surface area (Å²) in [4.78, 5) is 2.19. The molecule has 1 saturated heterocycles. The Morgan fingerprint density at radius 2 is 1.95 bits per heavy atom. The van der Waals surface area contributed by atoms with Crippen LogP contribution in [0.5, 0.6) is 0 Å². The van der Waals surface area contributed by atoms with Crippen molar-refractivity contribution in [2.75, 3.05) is 18.0 Å². The van der Waals surface area contributed by atoms with Crippen molar-refractivity contribution < 1.29 is 4.39 Å². The molecule has 104 valence electrons. The summed E-state index contributed by atoms with van der Waals surface area (Å²) in [7, 11) is 0. The van der Waals surface area contributed by atoms with Crippen molar-refractivity contribution in [2.45, 2.75) is 45.2 Å². The largest absolute Gasteiger partial charge is 0.369 e. The molecule has 0 radical (unpaired) electrons. The lowest BCUT2D eigenvalue weighted by molar-refractivity contribution is 0.434. The topological polar surface area (TPSA) is 15.3 Å². The molecule has 1 saturated carbocycles. The van der Waals surface area contributed by atoms with E-state index in [4.69, 9.17) is 0 Å². The Bertz CT molecular complexity index is 434. The second-order valence-corrected chi connectivity index (χ2v) is 6.11. The predicted octanol–water partition coefficient (Wildman–Crippen LogP) is 3.31. The molecule has 1 aromatic carbocycles. The van der Waals surface area contributed by atoms with Crippen molar-refractivity contribution >= 4 is 5.69 Å². The van der Waals surface area contributed by atoms with Crippen LogP contribution in [-0.4, -0.2) is 19.1 Å². The molecule has 0 unspecified atom stereocenters. The summed E-state index contributed by atoms with van der Waals surface area (Å²) < 4.78 is 14.2. The lowest BCUT2D eigenvalue weighted by Crippen LogP contribution is -2.33. The minimum atomic E-state index is -0.0651. The molecule has 3 heteroatoms. The monoisotopic (exact) mass is 262 g/mol. The standard InChI is InChI=1S/C16H23FN2/c1-12-6-8-19(9-7-12)16-5-2-13(10-15(16)17)11-18-14-3-4-14/h2,5,10,12,14,18H,3-4,6-9,11H2,1H3. The highest BCUT2D eigenvalue weighted by Crippen LogP contribution is 2.26. The maximum absolute atomic E-state index is 14.2. The fraction of sp³-hybridized carbons (Fsp3) is 0.625. The number of hydrogen-bond donors (Lipinski definition) is 1. The lowest BCUT2D eigenvalue weighted by atomic mass is 9.98. The van der Waals surface area contributed by atoms with Crippen molar-refractivity contribution in [3.63, 3.8) is 0 Å². The molecule has 2 aliphatic rings. The van der Waals surface area contributed by atoms with Crippen LogP contribution in [0.1, 0.15) is 38.2 Å². The third kappa shape index (κ3) is 3.27. The average Bonchev–Trinajstić information content (AvgIpc) is 3.22. The van der Waals surface area contributed by atoms with Crippen LogP contribution >= 0.6 is 0 Å². The highest BCUT2D eigenvalue weighted by Gasteiger charge is 2.21. The van der Waals surface area contributed by atoms with Gasteiger partial charge in [-0.05, 0) is 49.3 Å². The van der Waals surface area contributed by atoms with E-state index in [9.17, 15) is 4.39 Å². The smallest absolute Gasteiger partial charge is 0.146 e. The third-order valence-electron chi connectivity index (χ3n) is 4.31. The molecule has 1 aromatic rings. The van der Waals surface area contributed by atoms with Crippen LogP contribution in [-0.2, 0) is 6.54 Å². The summed E-state index contributed by atoms with van der Waals surface area (Å²) in [5.41, 5.74) is 1.83. The predicted molar refractivity (Wildman–Crippen MR) is 76.9 cm³/mol. The van der Waals surface area contributed by atoms with Gasteiger partial charge in [0.15, 0.2) is 0 Å². The SMILES string of the molecule is CC1CCN(c2ccc(CNC3CC3)cc2F)CC1. The molecule has 0 bridgehead atoms. The van der Waals surface area contributed by atoms with Crippen LogP contribution in [0.4, 0.5) is 10.1 Å². The Morgan fingerprint density at radius 1 is 1.21 bits per heavy atom. The number of piperidine rings is 1. The second kappa shape index (κ2) is 5.49. The van der Waals surface area contributed by atoms with Gasteiger partial charge in [0.25, 0.3) is 0 Å². The number of nitrogens with one attached hydrogen (secondary N) is 1. The quantitative estimate of drug-likeness (QED) is 0.895. The Balaban J connectivity index is 1.64. The molecule has 1 aliphatic heterocycles. The zero-order valence-corrected chi connectivity index (χ0v) is 11.7. The molecule has 1 heterocycles. The maximum Gasteiger partial charge on any atom is 0.146 e. The van der Waals surface area contributed by atoms with Crippen molar-refractivity contribution in [1.29, 1.82) is 0 Å². The first-order valence-electron chi connectivity index (χ1n) is 7.49. The molecule has 0 amide bonds.